The van der Waals surface area contributed by atoms with Gasteiger partial charge in [-0.25, -0.2) is 0 Å². The van der Waals surface area contributed by atoms with Crippen molar-refractivity contribution >= 4 is 21.6 Å². The van der Waals surface area contributed by atoms with Gasteiger partial charge in [0.2, 0.25) is 0 Å². The van der Waals surface area contributed by atoms with E-state index in [1.165, 1.54) is 5.56 Å². The first-order chi connectivity index (χ1) is 6.63. The summed E-state index contributed by atoms with van der Waals surface area (Å²) in [5.41, 5.74) is 2.37. The Kier molecular flexibility index (Phi) is 4.42. The predicted octanol–water partition coefficient (Wildman–Crippen LogP) is 2.80. The van der Waals surface area contributed by atoms with Gasteiger partial charge >= 0.3 is 0 Å². The minimum absolute atomic E-state index is 0.316. The minimum atomic E-state index is -0.316. The lowest BCUT2D eigenvalue weighted by atomic mass is 10.1. The summed E-state index contributed by atoms with van der Waals surface area (Å²) in [7, 11) is 0. The molecule has 0 saturated carbocycles. The highest BCUT2D eigenvalue weighted by atomic mass is 79.9. The lowest BCUT2D eigenvalue weighted by Crippen LogP contribution is -2.16. The molecule has 2 nitrogen and oxygen atoms in total. The summed E-state index contributed by atoms with van der Waals surface area (Å²) in [5, 5.41) is 12.4. The Morgan fingerprint density at radius 1 is 1.50 bits per heavy atom. The number of rotatable bonds is 4. The minimum Gasteiger partial charge on any atom is -0.392 e. The van der Waals surface area contributed by atoms with Crippen LogP contribution in [0.4, 0.5) is 5.69 Å². The Hall–Kier alpha value is -0.540. The number of benzene rings is 1. The van der Waals surface area contributed by atoms with Gasteiger partial charge in [0.25, 0.3) is 0 Å². The van der Waals surface area contributed by atoms with E-state index in [0.717, 1.165) is 16.6 Å². The molecule has 1 atom stereocenters. The maximum absolute atomic E-state index is 9.16. The first-order valence-corrected chi connectivity index (χ1v) is 5.63. The van der Waals surface area contributed by atoms with E-state index in [4.69, 9.17) is 5.11 Å². The Morgan fingerprint density at radius 3 is 2.79 bits per heavy atom. The average molecular weight is 258 g/mol. The standard InChI is InChI=1S/C11H16BrNO/c1-3-9-6-10(12)4-5-11(9)13-7-8(2)14/h4-6,8,13-14H,3,7H2,1-2H3. The van der Waals surface area contributed by atoms with Gasteiger partial charge in [0.05, 0.1) is 6.10 Å². The molecule has 0 aliphatic carbocycles. The van der Waals surface area contributed by atoms with Crippen molar-refractivity contribution in [3.8, 4) is 0 Å². The van der Waals surface area contributed by atoms with Gasteiger partial charge in [-0.15, -0.1) is 0 Å². The summed E-state index contributed by atoms with van der Waals surface area (Å²) in [5.74, 6) is 0. The molecular weight excluding hydrogens is 242 g/mol. The summed E-state index contributed by atoms with van der Waals surface area (Å²) in [6.45, 7) is 4.49. The lowest BCUT2D eigenvalue weighted by Gasteiger charge is -2.12. The summed E-state index contributed by atoms with van der Waals surface area (Å²) in [6, 6.07) is 6.14. The van der Waals surface area contributed by atoms with E-state index in [2.05, 4.69) is 34.2 Å². The second kappa shape index (κ2) is 5.37. The molecule has 2 N–H and O–H groups in total. The van der Waals surface area contributed by atoms with Crippen LogP contribution in [0.2, 0.25) is 0 Å². The molecule has 3 heteroatoms. The van der Waals surface area contributed by atoms with E-state index >= 15 is 0 Å². The van der Waals surface area contributed by atoms with Crippen LogP contribution < -0.4 is 5.32 Å². The third-order valence-corrected chi connectivity index (χ3v) is 2.53. The normalized spacial score (nSPS) is 12.6. The number of nitrogens with one attached hydrogen (secondary N) is 1. The number of hydrogen-bond donors (Lipinski definition) is 2. The number of halogens is 1. The zero-order valence-electron chi connectivity index (χ0n) is 8.55. The van der Waals surface area contributed by atoms with Gasteiger partial charge in [0.1, 0.15) is 0 Å². The van der Waals surface area contributed by atoms with Gasteiger partial charge < -0.3 is 10.4 Å². The molecule has 78 valence electrons. The summed E-state index contributed by atoms with van der Waals surface area (Å²) >= 11 is 3.44. The van der Waals surface area contributed by atoms with Gasteiger partial charge in [0.15, 0.2) is 0 Å². The SMILES string of the molecule is CCc1cc(Br)ccc1NCC(C)O. The average Bonchev–Trinajstić information content (AvgIpc) is 2.15. The van der Waals surface area contributed by atoms with E-state index in [0.29, 0.717) is 6.54 Å². The molecule has 1 aromatic carbocycles. The highest BCUT2D eigenvalue weighted by Crippen LogP contribution is 2.21. The van der Waals surface area contributed by atoms with Crippen molar-refractivity contribution in [2.45, 2.75) is 26.4 Å². The van der Waals surface area contributed by atoms with Gasteiger partial charge in [-0.2, -0.15) is 0 Å². The van der Waals surface area contributed by atoms with E-state index in [1.54, 1.807) is 6.92 Å². The molecule has 0 fully saturated rings. The van der Waals surface area contributed by atoms with Gasteiger partial charge in [-0.1, -0.05) is 22.9 Å². The summed E-state index contributed by atoms with van der Waals surface area (Å²) in [6.07, 6.45) is 0.671. The Morgan fingerprint density at radius 2 is 2.21 bits per heavy atom. The molecule has 0 aliphatic rings. The van der Waals surface area contributed by atoms with E-state index in [9.17, 15) is 0 Å². The quantitative estimate of drug-likeness (QED) is 0.870. The monoisotopic (exact) mass is 257 g/mol. The second-order valence-electron chi connectivity index (χ2n) is 3.38. The summed E-state index contributed by atoms with van der Waals surface area (Å²) in [4.78, 5) is 0. The molecule has 0 heterocycles. The fourth-order valence-electron chi connectivity index (χ4n) is 1.28. The number of hydrogen-bond acceptors (Lipinski definition) is 2. The maximum atomic E-state index is 9.16. The summed E-state index contributed by atoms with van der Waals surface area (Å²) < 4.78 is 1.09. The fraction of sp³-hybridized carbons (Fsp3) is 0.455. The van der Waals surface area contributed by atoms with E-state index < -0.39 is 0 Å². The number of aliphatic hydroxyl groups is 1. The largest absolute Gasteiger partial charge is 0.392 e. The predicted molar refractivity (Wildman–Crippen MR) is 63.7 cm³/mol. The lowest BCUT2D eigenvalue weighted by molar-refractivity contribution is 0.208. The van der Waals surface area contributed by atoms with Crippen molar-refractivity contribution in [2.24, 2.45) is 0 Å². The van der Waals surface area contributed by atoms with E-state index in [1.807, 2.05) is 12.1 Å². The Bertz CT molecular complexity index is 299. The Balaban J connectivity index is 2.75. The molecule has 0 aromatic heterocycles. The molecule has 1 rings (SSSR count). The number of aryl methyl sites for hydroxylation is 1. The highest BCUT2D eigenvalue weighted by molar-refractivity contribution is 9.10. The van der Waals surface area contributed by atoms with Gasteiger partial charge in [-0.05, 0) is 37.1 Å². The third kappa shape index (κ3) is 3.31. The molecule has 0 saturated heterocycles. The third-order valence-electron chi connectivity index (χ3n) is 2.04. The first-order valence-electron chi connectivity index (χ1n) is 4.84. The van der Waals surface area contributed by atoms with Crippen LogP contribution in [0, 0.1) is 0 Å². The van der Waals surface area contributed by atoms with Crippen LogP contribution in [0.25, 0.3) is 0 Å². The van der Waals surface area contributed by atoms with Crippen LogP contribution in [0.15, 0.2) is 22.7 Å². The molecule has 0 amide bonds. The molecule has 14 heavy (non-hydrogen) atoms. The van der Waals surface area contributed by atoms with Crippen molar-refractivity contribution in [3.05, 3.63) is 28.2 Å². The van der Waals surface area contributed by atoms with Crippen molar-refractivity contribution in [2.75, 3.05) is 11.9 Å². The fourth-order valence-corrected chi connectivity index (χ4v) is 1.69. The maximum Gasteiger partial charge on any atom is 0.0684 e. The van der Waals surface area contributed by atoms with Crippen molar-refractivity contribution in [3.63, 3.8) is 0 Å². The second-order valence-corrected chi connectivity index (χ2v) is 4.30. The number of anilines is 1. The van der Waals surface area contributed by atoms with Crippen LogP contribution in [-0.4, -0.2) is 17.8 Å². The smallest absolute Gasteiger partial charge is 0.0684 e. The van der Waals surface area contributed by atoms with Gasteiger partial charge in [0, 0.05) is 16.7 Å². The molecule has 0 bridgehead atoms. The zero-order valence-corrected chi connectivity index (χ0v) is 10.1. The van der Waals surface area contributed by atoms with Crippen LogP contribution in [0.3, 0.4) is 0 Å². The Labute approximate surface area is 93.5 Å². The molecule has 0 spiro atoms. The molecule has 0 aliphatic heterocycles. The molecule has 1 unspecified atom stereocenters. The van der Waals surface area contributed by atoms with E-state index in [-0.39, 0.29) is 6.10 Å². The van der Waals surface area contributed by atoms with Gasteiger partial charge in [-0.3, -0.25) is 0 Å². The topological polar surface area (TPSA) is 32.3 Å². The van der Waals surface area contributed by atoms with Crippen LogP contribution in [0.5, 0.6) is 0 Å². The van der Waals surface area contributed by atoms with Crippen LogP contribution in [-0.2, 0) is 6.42 Å². The molecular formula is C11H16BrNO. The molecule has 0 radical (unpaired) electrons. The van der Waals surface area contributed by atoms with Crippen molar-refractivity contribution in [1.82, 2.24) is 0 Å². The number of aliphatic hydroxyl groups excluding tert-OH is 1. The first kappa shape index (κ1) is 11.5. The molecule has 1 aromatic rings. The van der Waals surface area contributed by atoms with Crippen molar-refractivity contribution in [1.29, 1.82) is 0 Å². The van der Waals surface area contributed by atoms with Crippen LogP contribution >= 0.6 is 15.9 Å². The highest BCUT2D eigenvalue weighted by Gasteiger charge is 2.02. The van der Waals surface area contributed by atoms with Crippen molar-refractivity contribution < 1.29 is 5.11 Å². The zero-order chi connectivity index (χ0) is 10.6. The van der Waals surface area contributed by atoms with Crippen LogP contribution in [0.1, 0.15) is 19.4 Å².